The fourth-order valence-corrected chi connectivity index (χ4v) is 2.90. The van der Waals surface area contributed by atoms with E-state index in [-0.39, 0.29) is 0 Å². The van der Waals surface area contributed by atoms with Gasteiger partial charge in [0.25, 0.3) is 0 Å². The average Bonchev–Trinajstić information content (AvgIpc) is 2.54. The number of hydrogen-bond acceptors (Lipinski definition) is 0. The van der Waals surface area contributed by atoms with Gasteiger partial charge in [-0.1, -0.05) is 48.6 Å². The van der Waals surface area contributed by atoms with Crippen LogP contribution in [-0.4, -0.2) is 0 Å². The van der Waals surface area contributed by atoms with Gasteiger partial charge in [-0.2, -0.15) is 0 Å². The van der Waals surface area contributed by atoms with Crippen molar-refractivity contribution in [2.75, 3.05) is 0 Å². The molecule has 0 saturated carbocycles. The Bertz CT molecular complexity index is 412. The highest BCUT2D eigenvalue weighted by Crippen LogP contribution is 2.39. The third kappa shape index (κ3) is 1.54. The van der Waals surface area contributed by atoms with Crippen LogP contribution >= 0.6 is 0 Å². The molecule has 0 N–H and O–H groups in total. The lowest BCUT2D eigenvalue weighted by molar-refractivity contribution is 0.423. The Morgan fingerprint density at radius 3 is 3.00 bits per heavy atom. The summed E-state index contributed by atoms with van der Waals surface area (Å²) >= 11 is 0. The van der Waals surface area contributed by atoms with E-state index in [1.54, 1.807) is 11.1 Å². The van der Waals surface area contributed by atoms with Crippen molar-refractivity contribution in [2.24, 2.45) is 5.92 Å². The molecule has 3 rings (SSSR count). The Hall–Kier alpha value is -1.30. The average molecular weight is 196 g/mol. The molecule has 2 aliphatic rings. The maximum Gasteiger partial charge on any atom is 0.00551 e. The Kier molecular flexibility index (Phi) is 2.21. The zero-order valence-electron chi connectivity index (χ0n) is 8.89. The van der Waals surface area contributed by atoms with Crippen LogP contribution < -0.4 is 0 Å². The summed E-state index contributed by atoms with van der Waals surface area (Å²) in [4.78, 5) is 0. The minimum atomic E-state index is 0.657. The first-order valence-corrected chi connectivity index (χ1v) is 5.86. The van der Waals surface area contributed by atoms with Crippen LogP contribution in [0.1, 0.15) is 29.9 Å². The molecule has 0 bridgehead atoms. The molecule has 2 unspecified atom stereocenters. The van der Waals surface area contributed by atoms with Gasteiger partial charge in [-0.15, -0.1) is 0 Å². The second-order valence-corrected chi connectivity index (χ2v) is 4.57. The van der Waals surface area contributed by atoms with Crippen LogP contribution in [0.3, 0.4) is 0 Å². The Labute approximate surface area is 91.3 Å². The van der Waals surface area contributed by atoms with E-state index in [1.807, 2.05) is 0 Å². The van der Waals surface area contributed by atoms with Gasteiger partial charge in [0.2, 0.25) is 0 Å². The lowest BCUT2D eigenvalue weighted by Gasteiger charge is -2.30. The molecule has 0 spiro atoms. The highest BCUT2D eigenvalue weighted by Gasteiger charge is 2.26. The molecule has 0 heterocycles. The van der Waals surface area contributed by atoms with Crippen LogP contribution in [-0.2, 0) is 6.42 Å². The summed E-state index contributed by atoms with van der Waals surface area (Å²) in [6.07, 6.45) is 13.0. The first-order chi connectivity index (χ1) is 7.45. The molecule has 1 aromatic carbocycles. The van der Waals surface area contributed by atoms with Crippen LogP contribution in [0.2, 0.25) is 0 Å². The summed E-state index contributed by atoms with van der Waals surface area (Å²) in [5.41, 5.74) is 3.12. The number of hydrogen-bond donors (Lipinski definition) is 0. The van der Waals surface area contributed by atoms with Gasteiger partial charge in [-0.3, -0.25) is 0 Å². The van der Waals surface area contributed by atoms with Crippen molar-refractivity contribution in [3.8, 4) is 0 Å². The number of benzene rings is 1. The lowest BCUT2D eigenvalue weighted by Crippen LogP contribution is -2.18. The summed E-state index contributed by atoms with van der Waals surface area (Å²) in [5.74, 6) is 1.49. The highest BCUT2D eigenvalue weighted by atomic mass is 14.3. The maximum absolute atomic E-state index is 2.38. The van der Waals surface area contributed by atoms with Gasteiger partial charge in [0.1, 0.15) is 0 Å². The van der Waals surface area contributed by atoms with Crippen molar-refractivity contribution in [3.63, 3.8) is 0 Å². The molecule has 0 radical (unpaired) electrons. The van der Waals surface area contributed by atoms with E-state index in [0.717, 1.165) is 5.92 Å². The van der Waals surface area contributed by atoms with Gasteiger partial charge in [-0.05, 0) is 36.3 Å². The molecule has 2 aliphatic carbocycles. The lowest BCUT2D eigenvalue weighted by atomic mass is 9.74. The predicted octanol–water partition coefficient (Wildman–Crippen LogP) is 3.85. The summed E-state index contributed by atoms with van der Waals surface area (Å²) in [6, 6.07) is 8.94. The minimum Gasteiger partial charge on any atom is -0.0842 e. The van der Waals surface area contributed by atoms with Gasteiger partial charge < -0.3 is 0 Å². The van der Waals surface area contributed by atoms with Gasteiger partial charge in [0.05, 0.1) is 0 Å². The zero-order valence-corrected chi connectivity index (χ0v) is 8.89. The molecule has 0 aliphatic heterocycles. The molecule has 1 aromatic rings. The third-order valence-corrected chi connectivity index (χ3v) is 3.71. The van der Waals surface area contributed by atoms with Gasteiger partial charge >= 0.3 is 0 Å². The third-order valence-electron chi connectivity index (χ3n) is 3.71. The van der Waals surface area contributed by atoms with E-state index in [2.05, 4.69) is 48.6 Å². The van der Waals surface area contributed by atoms with Crippen LogP contribution in [0.25, 0.3) is 0 Å². The van der Waals surface area contributed by atoms with Crippen molar-refractivity contribution < 1.29 is 0 Å². The van der Waals surface area contributed by atoms with Crippen molar-refractivity contribution in [1.29, 1.82) is 0 Å². The molecule has 0 heteroatoms. The second kappa shape index (κ2) is 3.69. The number of aryl methyl sites for hydroxylation is 1. The molecule has 0 amide bonds. The van der Waals surface area contributed by atoms with Crippen LogP contribution in [0.5, 0.6) is 0 Å². The quantitative estimate of drug-likeness (QED) is 0.591. The maximum atomic E-state index is 2.38. The van der Waals surface area contributed by atoms with Gasteiger partial charge in [0, 0.05) is 5.92 Å². The van der Waals surface area contributed by atoms with Crippen molar-refractivity contribution in [1.82, 2.24) is 0 Å². The fraction of sp³-hybridized carbons (Fsp3) is 0.333. The van der Waals surface area contributed by atoms with E-state index in [4.69, 9.17) is 0 Å². The molecule has 15 heavy (non-hydrogen) atoms. The van der Waals surface area contributed by atoms with Crippen molar-refractivity contribution in [3.05, 3.63) is 59.7 Å². The number of fused-ring (bicyclic) bond motifs is 3. The molecule has 76 valence electrons. The first kappa shape index (κ1) is 8.96. The summed E-state index contributed by atoms with van der Waals surface area (Å²) < 4.78 is 0. The number of allylic oxidation sites excluding steroid dienone is 4. The van der Waals surface area contributed by atoms with E-state index in [9.17, 15) is 0 Å². The Morgan fingerprint density at radius 1 is 1.07 bits per heavy atom. The van der Waals surface area contributed by atoms with E-state index < -0.39 is 0 Å². The molecule has 0 fully saturated rings. The molecular formula is C15H16. The van der Waals surface area contributed by atoms with E-state index in [0.29, 0.717) is 5.92 Å². The topological polar surface area (TPSA) is 0 Å². The van der Waals surface area contributed by atoms with Crippen LogP contribution in [0.4, 0.5) is 0 Å². The minimum absolute atomic E-state index is 0.657. The SMILES string of the molecule is C1=CCC2CCc3ccccc3C2C=C1. The largest absolute Gasteiger partial charge is 0.0842 e. The summed E-state index contributed by atoms with van der Waals surface area (Å²) in [6.45, 7) is 0. The van der Waals surface area contributed by atoms with Gasteiger partial charge in [-0.25, -0.2) is 0 Å². The molecule has 2 atom stereocenters. The highest BCUT2D eigenvalue weighted by molar-refractivity contribution is 5.37. The molecule has 0 saturated heterocycles. The normalized spacial score (nSPS) is 28.0. The predicted molar refractivity (Wildman–Crippen MR) is 63.9 cm³/mol. The second-order valence-electron chi connectivity index (χ2n) is 4.57. The summed E-state index contributed by atoms with van der Waals surface area (Å²) in [7, 11) is 0. The number of rotatable bonds is 0. The van der Waals surface area contributed by atoms with E-state index in [1.165, 1.54) is 19.3 Å². The van der Waals surface area contributed by atoms with Crippen molar-refractivity contribution in [2.45, 2.75) is 25.2 Å². The Morgan fingerprint density at radius 2 is 2.00 bits per heavy atom. The standard InChI is InChI=1S/C15H16/c1-2-6-12-10-11-13-7-4-5-9-15(13)14(12)8-3-1/h1-5,7-9,12,14H,6,10-11H2. The fourth-order valence-electron chi connectivity index (χ4n) is 2.90. The van der Waals surface area contributed by atoms with Crippen LogP contribution in [0.15, 0.2) is 48.6 Å². The Balaban J connectivity index is 2.05. The smallest absolute Gasteiger partial charge is 0.00551 e. The first-order valence-electron chi connectivity index (χ1n) is 5.86. The van der Waals surface area contributed by atoms with E-state index >= 15 is 0 Å². The summed E-state index contributed by atoms with van der Waals surface area (Å²) in [5, 5.41) is 0. The molecular weight excluding hydrogens is 180 g/mol. The molecule has 0 nitrogen and oxygen atoms in total. The van der Waals surface area contributed by atoms with Crippen molar-refractivity contribution >= 4 is 0 Å². The molecule has 0 aromatic heterocycles. The van der Waals surface area contributed by atoms with Crippen LogP contribution in [0, 0.1) is 5.92 Å². The van der Waals surface area contributed by atoms with Gasteiger partial charge in [0.15, 0.2) is 0 Å². The monoisotopic (exact) mass is 196 g/mol. The zero-order chi connectivity index (χ0) is 10.1.